The lowest BCUT2D eigenvalue weighted by Gasteiger charge is -2.42. The molecular weight excluding hydrogens is 434 g/mol. The summed E-state index contributed by atoms with van der Waals surface area (Å²) in [5, 5.41) is 0.0343. The van der Waals surface area contributed by atoms with Gasteiger partial charge < -0.3 is 18.8 Å². The van der Waals surface area contributed by atoms with Crippen LogP contribution in [0.3, 0.4) is 0 Å². The second-order valence-corrected chi connectivity index (χ2v) is 16.0. The van der Waals surface area contributed by atoms with E-state index in [9.17, 15) is 9.59 Å². The Balaban J connectivity index is 2.25. The van der Waals surface area contributed by atoms with E-state index in [4.69, 9.17) is 13.9 Å². The molecule has 2 rings (SSSR count). The number of hydrogen-bond acceptors (Lipinski definition) is 5. The van der Waals surface area contributed by atoms with Crippen LogP contribution in [0.4, 0.5) is 4.79 Å². The molecule has 0 spiro atoms. The van der Waals surface area contributed by atoms with Gasteiger partial charge in [-0.15, -0.1) is 0 Å². The van der Waals surface area contributed by atoms with E-state index in [2.05, 4.69) is 39.9 Å². The number of amides is 1. The Morgan fingerprint density at radius 2 is 1.67 bits per heavy atom. The van der Waals surface area contributed by atoms with Gasteiger partial charge in [-0.2, -0.15) is 0 Å². The van der Waals surface area contributed by atoms with Crippen molar-refractivity contribution in [3.63, 3.8) is 0 Å². The molecule has 1 aromatic rings. The predicted octanol–water partition coefficient (Wildman–Crippen LogP) is 6.03. The van der Waals surface area contributed by atoms with Crippen LogP contribution in [0.5, 0.6) is 0 Å². The summed E-state index contributed by atoms with van der Waals surface area (Å²) in [6, 6.07) is 9.96. The third-order valence-electron chi connectivity index (χ3n) is 6.15. The van der Waals surface area contributed by atoms with Gasteiger partial charge in [0.15, 0.2) is 14.4 Å². The van der Waals surface area contributed by atoms with E-state index in [0.29, 0.717) is 0 Å². The van der Waals surface area contributed by atoms with Crippen molar-refractivity contribution in [2.75, 3.05) is 13.6 Å². The Bertz CT molecular complexity index is 852. The molecule has 0 aromatic heterocycles. The number of carbonyl (C=O) groups excluding carboxylic acids is 2. The van der Waals surface area contributed by atoms with E-state index in [0.717, 1.165) is 24.0 Å². The van der Waals surface area contributed by atoms with Gasteiger partial charge in [0.25, 0.3) is 0 Å². The van der Waals surface area contributed by atoms with Crippen LogP contribution in [0.2, 0.25) is 18.1 Å². The largest absolute Gasteiger partial charge is 0.453 e. The summed E-state index contributed by atoms with van der Waals surface area (Å²) in [6.07, 6.45) is 2.45. The van der Waals surface area contributed by atoms with Crippen LogP contribution in [-0.4, -0.2) is 56.7 Å². The summed E-state index contributed by atoms with van der Waals surface area (Å²) in [5.41, 5.74) is 1.34. The highest BCUT2D eigenvalue weighted by molar-refractivity contribution is 6.74. The van der Waals surface area contributed by atoms with Crippen LogP contribution < -0.4 is 0 Å². The summed E-state index contributed by atoms with van der Waals surface area (Å²) in [4.78, 5) is 26.5. The van der Waals surface area contributed by atoms with Gasteiger partial charge in [-0.3, -0.25) is 4.79 Å². The van der Waals surface area contributed by atoms with Crippen molar-refractivity contribution >= 4 is 26.0 Å². The van der Waals surface area contributed by atoms with Gasteiger partial charge in [-0.25, -0.2) is 4.79 Å². The first-order valence-corrected chi connectivity index (χ1v) is 14.6. The Morgan fingerprint density at radius 1 is 1.06 bits per heavy atom. The molecule has 1 amide bonds. The van der Waals surface area contributed by atoms with Crippen LogP contribution in [0.1, 0.15) is 59.9 Å². The molecule has 2 atom stereocenters. The summed E-state index contributed by atoms with van der Waals surface area (Å²) >= 11 is 0. The Hall–Kier alpha value is -2.12. The zero-order valence-corrected chi connectivity index (χ0v) is 22.7. The van der Waals surface area contributed by atoms with Gasteiger partial charge >= 0.3 is 12.1 Å². The summed E-state index contributed by atoms with van der Waals surface area (Å²) in [5.74, 6) is -0.485. The van der Waals surface area contributed by atoms with Gasteiger partial charge in [0.1, 0.15) is 12.1 Å². The molecule has 0 fully saturated rings. The molecule has 184 valence electrons. The summed E-state index contributed by atoms with van der Waals surface area (Å²) < 4.78 is 18.1. The predicted molar refractivity (Wildman–Crippen MR) is 134 cm³/mol. The quantitative estimate of drug-likeness (QED) is 0.371. The zero-order chi connectivity index (χ0) is 25.0. The van der Waals surface area contributed by atoms with Crippen LogP contribution in [0, 0.1) is 0 Å². The van der Waals surface area contributed by atoms with Crippen molar-refractivity contribution in [1.82, 2.24) is 4.90 Å². The molecule has 33 heavy (non-hydrogen) atoms. The molecule has 0 N–H and O–H groups in total. The molecule has 1 aromatic carbocycles. The molecule has 0 heterocycles. The lowest BCUT2D eigenvalue weighted by molar-refractivity contribution is -0.151. The SMILES string of the molecule is CN(CC(=O)O[C@@H]1C(c2ccccc2)=CCC[C@@H]1O[Si](C)(C)C(C)(C)C)C(=O)OC(C)(C)C. The zero-order valence-electron chi connectivity index (χ0n) is 21.7. The van der Waals surface area contributed by atoms with E-state index < -0.39 is 32.1 Å². The van der Waals surface area contributed by atoms with Gasteiger partial charge in [0.2, 0.25) is 0 Å². The third-order valence-corrected chi connectivity index (χ3v) is 10.7. The molecule has 0 saturated heterocycles. The average molecular weight is 476 g/mol. The molecule has 7 heteroatoms. The molecular formula is C26H41NO5Si. The fourth-order valence-electron chi connectivity index (χ4n) is 3.38. The van der Waals surface area contributed by atoms with Crippen LogP contribution >= 0.6 is 0 Å². The van der Waals surface area contributed by atoms with Gasteiger partial charge in [-0.1, -0.05) is 57.2 Å². The van der Waals surface area contributed by atoms with E-state index in [1.807, 2.05) is 30.3 Å². The van der Waals surface area contributed by atoms with Crippen molar-refractivity contribution in [1.29, 1.82) is 0 Å². The standard InChI is InChI=1S/C26H41NO5Si/c1-25(2,3)31-24(29)27(7)18-22(28)30-23-20(19-14-11-10-12-15-19)16-13-17-21(23)32-33(8,9)26(4,5)6/h10-12,14-16,21,23H,13,17-18H2,1-9H3/t21-,23+/m0/s1. The first-order valence-electron chi connectivity index (χ1n) is 11.7. The van der Waals surface area contributed by atoms with Gasteiger partial charge in [0, 0.05) is 7.05 Å². The van der Waals surface area contributed by atoms with Crippen molar-refractivity contribution < 1.29 is 23.5 Å². The maximum absolute atomic E-state index is 12.9. The molecule has 6 nitrogen and oxygen atoms in total. The molecule has 0 saturated carbocycles. The highest BCUT2D eigenvalue weighted by Gasteiger charge is 2.43. The van der Waals surface area contributed by atoms with Gasteiger partial charge in [0.05, 0.1) is 6.10 Å². The second kappa shape index (κ2) is 10.4. The average Bonchev–Trinajstić information content (AvgIpc) is 2.67. The van der Waals surface area contributed by atoms with E-state index in [-0.39, 0.29) is 17.7 Å². The number of nitrogens with zero attached hydrogens (tertiary/aromatic N) is 1. The number of ether oxygens (including phenoxy) is 2. The lowest BCUT2D eigenvalue weighted by atomic mass is 9.89. The van der Waals surface area contributed by atoms with Crippen LogP contribution in [-0.2, 0) is 18.7 Å². The summed E-state index contributed by atoms with van der Waals surface area (Å²) in [7, 11) is -0.560. The number of likely N-dealkylation sites (N-methyl/N-ethyl adjacent to an activating group) is 1. The third kappa shape index (κ3) is 7.71. The molecule has 1 aliphatic carbocycles. The Labute approximate surface area is 200 Å². The van der Waals surface area contributed by atoms with Crippen LogP contribution in [0.15, 0.2) is 36.4 Å². The van der Waals surface area contributed by atoms with Crippen molar-refractivity contribution in [2.45, 2.75) is 90.3 Å². The van der Waals surface area contributed by atoms with Crippen molar-refractivity contribution in [2.24, 2.45) is 0 Å². The monoisotopic (exact) mass is 475 g/mol. The molecule has 0 unspecified atom stereocenters. The molecule has 0 bridgehead atoms. The number of rotatable bonds is 6. The maximum atomic E-state index is 12.9. The van der Waals surface area contributed by atoms with E-state index >= 15 is 0 Å². The molecule has 1 aliphatic rings. The number of esters is 1. The maximum Gasteiger partial charge on any atom is 0.410 e. The minimum absolute atomic E-state index is 0.0343. The van der Waals surface area contributed by atoms with E-state index in [1.54, 1.807) is 20.8 Å². The lowest BCUT2D eigenvalue weighted by Crippen LogP contribution is -2.49. The fourth-order valence-corrected chi connectivity index (χ4v) is 4.73. The van der Waals surface area contributed by atoms with Gasteiger partial charge in [-0.05, 0) is 62.9 Å². The first-order chi connectivity index (χ1) is 15.1. The smallest absolute Gasteiger partial charge is 0.410 e. The normalized spacial score (nSPS) is 19.5. The number of benzene rings is 1. The second-order valence-electron chi connectivity index (χ2n) is 11.3. The van der Waals surface area contributed by atoms with Crippen LogP contribution in [0.25, 0.3) is 5.57 Å². The topological polar surface area (TPSA) is 65.1 Å². The fraction of sp³-hybridized carbons (Fsp3) is 0.615. The highest BCUT2D eigenvalue weighted by Crippen LogP contribution is 2.41. The van der Waals surface area contributed by atoms with E-state index in [1.165, 1.54) is 11.9 Å². The number of hydrogen-bond donors (Lipinski definition) is 0. The number of allylic oxidation sites excluding steroid dienone is 1. The molecule has 0 aliphatic heterocycles. The highest BCUT2D eigenvalue weighted by atomic mass is 28.4. The first kappa shape index (κ1) is 27.1. The van der Waals surface area contributed by atoms with Crippen molar-refractivity contribution in [3.8, 4) is 0 Å². The Kier molecular flexibility index (Phi) is 8.57. The number of carbonyl (C=O) groups is 2. The molecule has 0 radical (unpaired) electrons. The Morgan fingerprint density at radius 3 is 2.21 bits per heavy atom. The minimum atomic E-state index is -2.10. The van der Waals surface area contributed by atoms with Crippen molar-refractivity contribution in [3.05, 3.63) is 42.0 Å². The summed E-state index contributed by atoms with van der Waals surface area (Å²) in [6.45, 7) is 16.2. The minimum Gasteiger partial charge on any atom is -0.453 e.